The average molecular weight is 279 g/mol. The quantitative estimate of drug-likeness (QED) is 0.774. The number of rotatable bonds is 2. The van der Waals surface area contributed by atoms with Gasteiger partial charge in [0.2, 0.25) is 0 Å². The van der Waals surface area contributed by atoms with E-state index in [0.717, 1.165) is 15.4 Å². The third kappa shape index (κ3) is 2.00. The minimum atomic E-state index is 0.381. The second kappa shape index (κ2) is 3.77. The number of halogens is 1. The second-order valence-corrected chi connectivity index (χ2v) is 4.50. The summed E-state index contributed by atoms with van der Waals surface area (Å²) in [6.07, 6.45) is 0. The summed E-state index contributed by atoms with van der Waals surface area (Å²) in [7, 11) is 0. The van der Waals surface area contributed by atoms with Gasteiger partial charge in [0.1, 0.15) is 0 Å². The molecule has 0 N–H and O–H groups in total. The molecule has 0 spiro atoms. The molecule has 1 aromatic rings. The van der Waals surface area contributed by atoms with E-state index in [4.69, 9.17) is 4.42 Å². The van der Waals surface area contributed by atoms with E-state index in [9.17, 15) is 0 Å². The monoisotopic (exact) mass is 279 g/mol. The maximum atomic E-state index is 5.51. The Hall–Kier alpha value is -0.0600. The van der Waals surface area contributed by atoms with E-state index >= 15 is 0 Å². The molecule has 0 aliphatic rings. The highest BCUT2D eigenvalue weighted by molar-refractivity contribution is 14.1. The lowest BCUT2D eigenvalue weighted by atomic mass is 10.1. The summed E-state index contributed by atoms with van der Waals surface area (Å²) in [6.45, 7) is 8.44. The molecule has 0 atom stereocenters. The van der Waals surface area contributed by atoms with Gasteiger partial charge in [0.15, 0.2) is 9.66 Å². The van der Waals surface area contributed by atoms with Crippen molar-refractivity contribution in [2.24, 2.45) is 0 Å². The molecular formula is C9H14INO. The molecule has 0 radical (unpaired) electrons. The molecule has 0 bridgehead atoms. The fourth-order valence-electron chi connectivity index (χ4n) is 0.933. The van der Waals surface area contributed by atoms with E-state index in [2.05, 4.69) is 55.3 Å². The number of oxazole rings is 1. The second-order valence-electron chi connectivity index (χ2n) is 3.52. The van der Waals surface area contributed by atoms with E-state index in [1.165, 1.54) is 0 Å². The molecule has 12 heavy (non-hydrogen) atoms. The van der Waals surface area contributed by atoms with Crippen molar-refractivity contribution in [2.75, 3.05) is 0 Å². The van der Waals surface area contributed by atoms with Crippen LogP contribution in [-0.4, -0.2) is 4.98 Å². The summed E-state index contributed by atoms with van der Waals surface area (Å²) >= 11 is 2.20. The largest absolute Gasteiger partial charge is 0.434 e. The van der Waals surface area contributed by atoms with Crippen molar-refractivity contribution < 1.29 is 4.42 Å². The number of aromatic nitrogens is 1. The molecule has 0 saturated carbocycles. The van der Waals surface area contributed by atoms with Gasteiger partial charge in [0.05, 0.1) is 5.69 Å². The zero-order valence-electron chi connectivity index (χ0n) is 7.89. The lowest BCUT2D eigenvalue weighted by Gasteiger charge is -1.97. The molecule has 0 aromatic carbocycles. The Morgan fingerprint density at radius 3 is 2.00 bits per heavy atom. The summed E-state index contributed by atoms with van der Waals surface area (Å²) < 4.78 is 6.45. The van der Waals surface area contributed by atoms with Gasteiger partial charge in [0.25, 0.3) is 0 Å². The summed E-state index contributed by atoms with van der Waals surface area (Å²) in [5.74, 6) is 1.68. The van der Waals surface area contributed by atoms with Gasteiger partial charge in [-0.25, -0.2) is 4.98 Å². The zero-order chi connectivity index (χ0) is 9.30. The summed E-state index contributed by atoms with van der Waals surface area (Å²) in [5, 5.41) is 0. The maximum absolute atomic E-state index is 5.51. The molecule has 1 heterocycles. The molecule has 68 valence electrons. The van der Waals surface area contributed by atoms with Crippen LogP contribution in [0.3, 0.4) is 0 Å². The smallest absolute Gasteiger partial charge is 0.198 e. The van der Waals surface area contributed by atoms with Crippen LogP contribution in [0.15, 0.2) is 4.42 Å². The Bertz CT molecular complexity index is 265. The first kappa shape index (κ1) is 10.0. The predicted molar refractivity (Wildman–Crippen MR) is 57.4 cm³/mol. The van der Waals surface area contributed by atoms with Gasteiger partial charge in [-0.2, -0.15) is 0 Å². The van der Waals surface area contributed by atoms with Crippen molar-refractivity contribution in [3.63, 3.8) is 0 Å². The lowest BCUT2D eigenvalue weighted by Crippen LogP contribution is -1.91. The van der Waals surface area contributed by atoms with Gasteiger partial charge in [-0.15, -0.1) is 0 Å². The molecule has 0 aliphatic carbocycles. The van der Waals surface area contributed by atoms with E-state index in [-0.39, 0.29) is 0 Å². The van der Waals surface area contributed by atoms with Gasteiger partial charge >= 0.3 is 0 Å². The van der Waals surface area contributed by atoms with Crippen LogP contribution in [0.1, 0.15) is 51.1 Å². The first-order chi connectivity index (χ1) is 5.52. The molecule has 1 rings (SSSR count). The number of hydrogen-bond donors (Lipinski definition) is 0. The van der Waals surface area contributed by atoms with Crippen molar-refractivity contribution in [1.29, 1.82) is 0 Å². The molecule has 3 heteroatoms. The molecule has 0 aliphatic heterocycles. The van der Waals surface area contributed by atoms with Crippen molar-refractivity contribution in [1.82, 2.24) is 4.98 Å². The first-order valence-electron chi connectivity index (χ1n) is 4.18. The number of nitrogens with zero attached hydrogens (tertiary/aromatic N) is 1. The number of hydrogen-bond acceptors (Lipinski definition) is 2. The Morgan fingerprint density at radius 1 is 1.17 bits per heavy atom. The van der Waals surface area contributed by atoms with E-state index in [1.54, 1.807) is 0 Å². The summed E-state index contributed by atoms with van der Waals surface area (Å²) in [4.78, 5) is 4.43. The van der Waals surface area contributed by atoms with Crippen LogP contribution in [0, 0.1) is 3.77 Å². The van der Waals surface area contributed by atoms with Gasteiger partial charge in [-0.05, 0) is 5.92 Å². The minimum absolute atomic E-state index is 0.381. The van der Waals surface area contributed by atoms with Gasteiger partial charge < -0.3 is 4.42 Å². The highest BCUT2D eigenvalue weighted by atomic mass is 127. The Kier molecular flexibility index (Phi) is 3.15. The third-order valence-corrected chi connectivity index (χ3v) is 2.44. The van der Waals surface area contributed by atoms with Gasteiger partial charge in [-0.1, -0.05) is 27.7 Å². The van der Waals surface area contributed by atoms with Crippen LogP contribution in [0.2, 0.25) is 0 Å². The minimum Gasteiger partial charge on any atom is -0.434 e. The molecule has 0 unspecified atom stereocenters. The van der Waals surface area contributed by atoms with Crippen LogP contribution in [0.4, 0.5) is 0 Å². The van der Waals surface area contributed by atoms with Crippen LogP contribution in [-0.2, 0) is 0 Å². The Balaban J connectivity index is 3.00. The Labute approximate surface area is 86.9 Å². The van der Waals surface area contributed by atoms with Crippen LogP contribution >= 0.6 is 22.6 Å². The van der Waals surface area contributed by atoms with E-state index in [1.807, 2.05) is 0 Å². The highest BCUT2D eigenvalue weighted by Gasteiger charge is 2.15. The maximum Gasteiger partial charge on any atom is 0.198 e. The first-order valence-corrected chi connectivity index (χ1v) is 5.26. The third-order valence-electron chi connectivity index (χ3n) is 1.67. The van der Waals surface area contributed by atoms with Crippen molar-refractivity contribution in [3.8, 4) is 0 Å². The van der Waals surface area contributed by atoms with E-state index in [0.29, 0.717) is 11.8 Å². The molecule has 2 nitrogen and oxygen atoms in total. The predicted octanol–water partition coefficient (Wildman–Crippen LogP) is 3.53. The zero-order valence-corrected chi connectivity index (χ0v) is 10.0. The van der Waals surface area contributed by atoms with E-state index < -0.39 is 0 Å². The lowest BCUT2D eigenvalue weighted by molar-refractivity contribution is 0.450. The summed E-state index contributed by atoms with van der Waals surface area (Å²) in [6, 6.07) is 0. The molecule has 0 fully saturated rings. The van der Waals surface area contributed by atoms with Crippen molar-refractivity contribution in [2.45, 2.75) is 39.5 Å². The van der Waals surface area contributed by atoms with Crippen LogP contribution in [0.5, 0.6) is 0 Å². The SMILES string of the molecule is CC(C)c1nc(C(C)C)c(I)o1. The molecular weight excluding hydrogens is 265 g/mol. The summed E-state index contributed by atoms with van der Waals surface area (Å²) in [5.41, 5.74) is 1.08. The Morgan fingerprint density at radius 2 is 1.75 bits per heavy atom. The van der Waals surface area contributed by atoms with Crippen molar-refractivity contribution in [3.05, 3.63) is 15.4 Å². The van der Waals surface area contributed by atoms with Gasteiger partial charge in [-0.3, -0.25) is 0 Å². The van der Waals surface area contributed by atoms with Crippen LogP contribution < -0.4 is 0 Å². The standard InChI is InChI=1S/C9H14INO/c1-5(2)7-8(10)12-9(11-7)6(3)4/h5-6H,1-4H3. The molecule has 1 aromatic heterocycles. The van der Waals surface area contributed by atoms with Gasteiger partial charge in [0, 0.05) is 28.5 Å². The average Bonchev–Trinajstić information content (AvgIpc) is 2.30. The van der Waals surface area contributed by atoms with Crippen LogP contribution in [0.25, 0.3) is 0 Å². The normalized spacial score (nSPS) is 11.6. The molecule has 0 saturated heterocycles. The fraction of sp³-hybridized carbons (Fsp3) is 0.667. The highest BCUT2D eigenvalue weighted by Crippen LogP contribution is 2.24. The topological polar surface area (TPSA) is 26.0 Å². The van der Waals surface area contributed by atoms with Crippen molar-refractivity contribution >= 4 is 22.6 Å². The molecule has 0 amide bonds. The fourth-order valence-corrected chi connectivity index (χ4v) is 1.90.